The molecule has 3 aliphatic heterocycles. The number of aromatic nitrogens is 5. The van der Waals surface area contributed by atoms with Crippen LogP contribution in [-0.4, -0.2) is 116 Å². The highest BCUT2D eigenvalue weighted by atomic mass is 35.5. The summed E-state index contributed by atoms with van der Waals surface area (Å²) in [6.07, 6.45) is 12.4. The fraction of sp³-hybridized carbons (Fsp3) is 0.490. The van der Waals surface area contributed by atoms with E-state index in [1.54, 1.807) is 6.92 Å². The molecule has 2 aliphatic carbocycles. The highest BCUT2D eigenvalue weighted by molar-refractivity contribution is 8.07. The summed E-state index contributed by atoms with van der Waals surface area (Å²) in [5, 5.41) is 7.98. The lowest BCUT2D eigenvalue weighted by Gasteiger charge is -2.49. The molecule has 77 heavy (non-hydrogen) atoms. The van der Waals surface area contributed by atoms with E-state index in [-0.39, 0.29) is 87.2 Å². The predicted molar refractivity (Wildman–Crippen MR) is 291 cm³/mol. The van der Waals surface area contributed by atoms with Crippen molar-refractivity contribution < 1.29 is 46.8 Å². The van der Waals surface area contributed by atoms with E-state index in [9.17, 15) is 28.4 Å². The maximum Gasteiger partial charge on any atom is 0.355 e. The Morgan fingerprint density at radius 3 is 2.36 bits per heavy atom. The minimum absolute atomic E-state index is 0.00288. The fourth-order valence-corrected chi connectivity index (χ4v) is 14.2. The topological polar surface area (TPSA) is 243 Å². The van der Waals surface area contributed by atoms with Crippen molar-refractivity contribution in [3.05, 3.63) is 85.2 Å². The maximum absolute atomic E-state index is 15.8. The number of nitrogens with one attached hydrogen (secondary N) is 1. The fourth-order valence-electron chi connectivity index (χ4n) is 9.89. The molecule has 1 aromatic carbocycles. The smallest absolute Gasteiger partial charge is 0.355 e. The third-order valence-electron chi connectivity index (χ3n) is 14.4. The number of thioether (sulfide) groups is 2. The number of thiazole rings is 1. The number of amides is 2. The number of carbonyl (C=O) groups excluding carboxylic acids is 4. The lowest BCUT2D eigenvalue weighted by molar-refractivity contribution is -0.671. The number of oxime groups is 1. The molecule has 5 atom stereocenters. The van der Waals surface area contributed by atoms with Crippen LogP contribution in [-0.2, 0) is 35.7 Å². The van der Waals surface area contributed by atoms with Gasteiger partial charge in [0, 0.05) is 82.4 Å². The molecule has 10 rings (SSSR count). The van der Waals surface area contributed by atoms with Crippen molar-refractivity contribution in [1.29, 1.82) is 0 Å². The van der Waals surface area contributed by atoms with Gasteiger partial charge in [0.05, 0.1) is 46.6 Å². The van der Waals surface area contributed by atoms with E-state index in [0.29, 0.717) is 40.9 Å². The molecule has 5 aromatic rings. The highest BCUT2D eigenvalue weighted by Gasteiger charge is 2.56. The average molecular weight is 1150 g/mol. The van der Waals surface area contributed by atoms with E-state index >= 15 is 4.39 Å². The van der Waals surface area contributed by atoms with Gasteiger partial charge in [-0.15, -0.1) is 23.1 Å². The second-order valence-corrected chi connectivity index (χ2v) is 24.2. The van der Waals surface area contributed by atoms with Gasteiger partial charge < -0.3 is 40.6 Å². The van der Waals surface area contributed by atoms with Crippen LogP contribution in [0, 0.1) is 11.2 Å². The van der Waals surface area contributed by atoms with Crippen LogP contribution in [0.5, 0.6) is 0 Å². The first-order chi connectivity index (χ1) is 37.2. The zero-order chi connectivity index (χ0) is 54.1. The number of β-lactam (4-membered cyclic amide) rings is 1. The van der Waals surface area contributed by atoms with Crippen molar-refractivity contribution in [2.75, 3.05) is 49.3 Å². The van der Waals surface area contributed by atoms with Crippen molar-refractivity contribution in [2.24, 2.45) is 23.4 Å². The quantitative estimate of drug-likeness (QED) is 0.0148. The number of pyridine rings is 2. The third kappa shape index (κ3) is 11.6. The van der Waals surface area contributed by atoms with Crippen molar-refractivity contribution in [1.82, 2.24) is 29.1 Å². The number of esters is 2. The van der Waals surface area contributed by atoms with E-state index in [4.69, 9.17) is 42.4 Å². The van der Waals surface area contributed by atoms with Crippen LogP contribution in [0.1, 0.15) is 99.8 Å². The predicted octanol–water partition coefficient (Wildman–Crippen LogP) is 7.05. The molecule has 2 unspecified atom stereocenters. The van der Waals surface area contributed by atoms with Crippen LogP contribution in [0.2, 0.25) is 5.02 Å². The Morgan fingerprint density at radius 2 is 1.73 bits per heavy atom. The Kier molecular flexibility index (Phi) is 16.5. The largest absolute Gasteiger partial charge is 0.462 e. The number of hydrogen-bond donors (Lipinski definition) is 3. The van der Waals surface area contributed by atoms with Gasteiger partial charge in [-0.3, -0.25) is 19.3 Å². The number of aryl methyl sites for hydroxylation is 1. The first kappa shape index (κ1) is 54.6. The molecule has 4 fully saturated rings. The van der Waals surface area contributed by atoms with Crippen LogP contribution in [0.25, 0.3) is 22.2 Å². The molecule has 26 heteroatoms. The lowest BCUT2D eigenvalue weighted by Crippen LogP contribution is -2.71. The average Bonchev–Trinajstić information content (AvgIpc) is 4.19. The minimum atomic E-state index is -1.20. The van der Waals surface area contributed by atoms with Crippen LogP contribution < -0.4 is 31.7 Å². The molecule has 0 radical (unpaired) electrons. The number of rotatable bonds is 23. The number of nitrogens with zero attached hydrogens (tertiary/aromatic N) is 8. The van der Waals surface area contributed by atoms with Crippen molar-refractivity contribution in [3.63, 3.8) is 0 Å². The second-order valence-electron chi connectivity index (χ2n) is 19.8. The zero-order valence-electron chi connectivity index (χ0n) is 42.2. The Morgan fingerprint density at radius 1 is 1.04 bits per heavy atom. The number of unbranched alkanes of at least 4 members (excludes halogenated alkanes) is 7. The molecule has 0 bridgehead atoms. The van der Waals surface area contributed by atoms with Gasteiger partial charge >= 0.3 is 11.9 Å². The molecule has 19 nitrogen and oxygen atoms in total. The summed E-state index contributed by atoms with van der Waals surface area (Å²) < 4.78 is 49.9. The first-order valence-electron chi connectivity index (χ1n) is 25.6. The lowest BCUT2D eigenvalue weighted by atomic mass is 10.0. The van der Waals surface area contributed by atoms with Crippen molar-refractivity contribution >= 4 is 109 Å². The summed E-state index contributed by atoms with van der Waals surface area (Å²) in [6, 6.07) is 3.26. The zero-order valence-corrected chi connectivity index (χ0v) is 46.2. The number of nitrogens with two attached hydrogens (primary N) is 2. The van der Waals surface area contributed by atoms with Gasteiger partial charge in [-0.2, -0.15) is 9.36 Å². The van der Waals surface area contributed by atoms with E-state index < -0.39 is 58.6 Å². The number of hydrogen-bond acceptors (Lipinski definition) is 19. The second kappa shape index (κ2) is 23.3. The van der Waals surface area contributed by atoms with Crippen LogP contribution in [0.3, 0.4) is 0 Å². The Hall–Kier alpha value is -5.73. The third-order valence-corrected chi connectivity index (χ3v) is 18.8. The molecule has 4 aromatic heterocycles. The number of anilines is 2. The number of ether oxygens (including phenoxy) is 2. The number of fused-ring (bicyclic) bond motifs is 2. The number of carbonyl (C=O) groups is 4. The van der Waals surface area contributed by atoms with Gasteiger partial charge in [0.15, 0.2) is 21.9 Å². The first-order valence-corrected chi connectivity index (χ1v) is 29.5. The summed E-state index contributed by atoms with van der Waals surface area (Å²) >= 11 is 11.9. The number of alkyl halides is 1. The number of nitrogen functional groups attached to an aromatic ring is 1. The molecule has 1 spiro atoms. The van der Waals surface area contributed by atoms with Crippen molar-refractivity contribution in [2.45, 2.75) is 112 Å². The molecule has 5 aliphatic rings. The summed E-state index contributed by atoms with van der Waals surface area (Å²) in [5.41, 5.74) is 13.0. The van der Waals surface area contributed by atoms with Crippen LogP contribution >= 0.6 is 58.0 Å². The maximum atomic E-state index is 15.8. The van der Waals surface area contributed by atoms with E-state index in [1.807, 2.05) is 46.4 Å². The van der Waals surface area contributed by atoms with Crippen molar-refractivity contribution in [3.8, 4) is 11.3 Å². The number of halogens is 3. The summed E-state index contributed by atoms with van der Waals surface area (Å²) in [5.74, 6) is -3.12. The number of benzene rings is 1. The Balaban J connectivity index is 0.693. The van der Waals surface area contributed by atoms with Gasteiger partial charge in [-0.25, -0.2) is 27.9 Å². The summed E-state index contributed by atoms with van der Waals surface area (Å²) in [4.78, 5) is 86.2. The molecule has 2 saturated carbocycles. The van der Waals surface area contributed by atoms with Crippen LogP contribution in [0.4, 0.5) is 19.6 Å². The van der Waals surface area contributed by atoms with Gasteiger partial charge in [-0.05, 0) is 38.7 Å². The molecule has 2 saturated heterocycles. The molecular weight excluding hydrogens is 1100 g/mol. The van der Waals surface area contributed by atoms with Crippen LogP contribution in [0.15, 0.2) is 67.1 Å². The summed E-state index contributed by atoms with van der Waals surface area (Å²) in [6.45, 7) is 3.03. The monoisotopic (exact) mass is 1150 g/mol. The van der Waals surface area contributed by atoms with E-state index in [2.05, 4.69) is 19.8 Å². The highest BCUT2D eigenvalue weighted by Crippen LogP contribution is 2.54. The normalized spacial score (nSPS) is 21.4. The molecule has 7 heterocycles. The SMILES string of the molecule is CCO/N=C(/C(=O)N[C@@H]1C(=O)N2C(C(=O)OCCCCCCCCCCOC(=O)c3cn(C4C[C@H]4F)c4c(Cl)c(N5C[C@H](N)C6(CC6)C5)c(F)cc4c3=O)=C(Sc3nc(-c4cc[n+](C)cc4)cs3)CSC12)c1nsc(N)n1. The molecular formula is C51H57ClF2N11O8S4+. The van der Waals surface area contributed by atoms with Gasteiger partial charge in [0.2, 0.25) is 17.0 Å². The van der Waals surface area contributed by atoms with Gasteiger partial charge in [0.25, 0.3) is 11.8 Å². The molecule has 408 valence electrons. The van der Waals surface area contributed by atoms with Gasteiger partial charge in [-0.1, -0.05) is 67.0 Å². The molecule has 5 N–H and O–H groups in total. The Labute approximate surface area is 463 Å². The summed E-state index contributed by atoms with van der Waals surface area (Å²) in [7, 11) is 1.93. The molecule has 2 amide bonds. The van der Waals surface area contributed by atoms with E-state index in [1.165, 1.54) is 50.5 Å². The van der Waals surface area contributed by atoms with Gasteiger partial charge in [0.1, 0.15) is 48.3 Å². The standard InChI is InChI=1S/C51H56ClF2N11O8S4/c1-3-73-60-37(43-59-49(56)77-61-43)44(67)58-38-45(68)65-41(34(25-74-46(38)65)76-50-57-32(24-75-50)27-12-16-62(2)17-13-27)48(70)72-19-11-9-7-5-4-6-8-10-18-71-47(69)29-22-64(33-21-30(33)53)39-28(42(29)66)20-31(54)40(36(39)52)63-23-35(55)51(26-63)14-15-51/h12-13,16-17,20,22,24,30,33,35,38,46H,3-11,14-15,18-19,21,23,25-26,55H2,1-2H3,(H2-,56,58,59,61,67)/p+1/b60-37+/t30-,33?,35+,38-,46?/m1/s1. The Bertz CT molecular complexity index is 3230. The minimum Gasteiger partial charge on any atom is -0.462 e. The van der Waals surface area contributed by atoms with E-state index in [0.717, 1.165) is 80.2 Å².